The quantitative estimate of drug-likeness (QED) is 0.652. The molecular formula is C14H11Br2N3. The van der Waals surface area contributed by atoms with Crippen LogP contribution < -0.4 is 5.73 Å². The van der Waals surface area contributed by atoms with Crippen molar-refractivity contribution in [2.45, 2.75) is 6.42 Å². The van der Waals surface area contributed by atoms with E-state index in [9.17, 15) is 0 Å². The fourth-order valence-electron chi connectivity index (χ4n) is 2.08. The van der Waals surface area contributed by atoms with Gasteiger partial charge in [0.05, 0.1) is 11.2 Å². The standard InChI is InChI=1S/C14H11Br2N3/c15-9-3-1-2-8(4-9)5-13-18-12-7-10(16)6-11(17)14(12)19-13/h1-4,6-7H,5,17H2,(H,18,19). The normalized spacial score (nSPS) is 11.1. The van der Waals surface area contributed by atoms with Gasteiger partial charge in [-0.1, -0.05) is 44.0 Å². The van der Waals surface area contributed by atoms with Crippen molar-refractivity contribution in [3.05, 3.63) is 56.7 Å². The maximum absolute atomic E-state index is 5.97. The van der Waals surface area contributed by atoms with Gasteiger partial charge in [-0.3, -0.25) is 0 Å². The van der Waals surface area contributed by atoms with Gasteiger partial charge in [-0.25, -0.2) is 4.98 Å². The minimum atomic E-state index is 0.682. The molecule has 19 heavy (non-hydrogen) atoms. The smallest absolute Gasteiger partial charge is 0.112 e. The summed E-state index contributed by atoms with van der Waals surface area (Å²) in [4.78, 5) is 7.87. The van der Waals surface area contributed by atoms with Crippen LogP contribution in [0.1, 0.15) is 11.4 Å². The summed E-state index contributed by atoms with van der Waals surface area (Å²) in [5.41, 5.74) is 9.63. The van der Waals surface area contributed by atoms with Crippen LogP contribution in [0.3, 0.4) is 0 Å². The number of aromatic amines is 1. The molecule has 3 nitrogen and oxygen atoms in total. The zero-order chi connectivity index (χ0) is 13.4. The number of nitrogens with two attached hydrogens (primary N) is 1. The molecule has 3 rings (SSSR count). The molecule has 0 spiro atoms. The predicted molar refractivity (Wildman–Crippen MR) is 85.2 cm³/mol. The van der Waals surface area contributed by atoms with Gasteiger partial charge in [0.2, 0.25) is 0 Å². The van der Waals surface area contributed by atoms with Crippen molar-refractivity contribution >= 4 is 48.6 Å². The summed E-state index contributed by atoms with van der Waals surface area (Å²) in [5, 5.41) is 0. The lowest BCUT2D eigenvalue weighted by Crippen LogP contribution is -1.90. The molecule has 1 aromatic heterocycles. The van der Waals surface area contributed by atoms with Crippen LogP contribution >= 0.6 is 31.9 Å². The molecule has 0 aliphatic heterocycles. The van der Waals surface area contributed by atoms with Gasteiger partial charge < -0.3 is 10.7 Å². The summed E-state index contributed by atoms with van der Waals surface area (Å²) in [7, 11) is 0. The van der Waals surface area contributed by atoms with Crippen LogP contribution in [0.4, 0.5) is 5.69 Å². The second-order valence-corrected chi connectivity index (χ2v) is 6.21. The summed E-state index contributed by atoms with van der Waals surface area (Å²) < 4.78 is 2.03. The highest BCUT2D eigenvalue weighted by molar-refractivity contribution is 9.10. The first-order chi connectivity index (χ1) is 9.11. The van der Waals surface area contributed by atoms with Crippen molar-refractivity contribution in [3.8, 4) is 0 Å². The van der Waals surface area contributed by atoms with E-state index in [0.29, 0.717) is 5.69 Å². The molecule has 0 fully saturated rings. The van der Waals surface area contributed by atoms with Crippen LogP contribution in [0, 0.1) is 0 Å². The Morgan fingerprint density at radius 1 is 1.11 bits per heavy atom. The minimum absolute atomic E-state index is 0.682. The Bertz CT molecular complexity index is 750. The molecule has 0 saturated heterocycles. The Kier molecular flexibility index (Phi) is 3.33. The van der Waals surface area contributed by atoms with Crippen LogP contribution in [0.25, 0.3) is 11.0 Å². The molecule has 0 atom stereocenters. The average Bonchev–Trinajstić information content (AvgIpc) is 2.71. The molecular weight excluding hydrogens is 370 g/mol. The number of nitrogen functional groups attached to an aromatic ring is 1. The molecule has 96 valence electrons. The van der Waals surface area contributed by atoms with E-state index >= 15 is 0 Å². The molecule has 0 amide bonds. The highest BCUT2D eigenvalue weighted by atomic mass is 79.9. The lowest BCUT2D eigenvalue weighted by atomic mass is 10.1. The van der Waals surface area contributed by atoms with Crippen molar-refractivity contribution < 1.29 is 0 Å². The molecule has 3 N–H and O–H groups in total. The summed E-state index contributed by atoms with van der Waals surface area (Å²) >= 11 is 6.91. The van der Waals surface area contributed by atoms with E-state index in [-0.39, 0.29) is 0 Å². The van der Waals surface area contributed by atoms with Gasteiger partial charge >= 0.3 is 0 Å². The molecule has 3 aromatic rings. The molecule has 0 saturated carbocycles. The minimum Gasteiger partial charge on any atom is -0.397 e. The van der Waals surface area contributed by atoms with Crippen molar-refractivity contribution in [3.63, 3.8) is 0 Å². The number of anilines is 1. The van der Waals surface area contributed by atoms with Crippen molar-refractivity contribution in [2.75, 3.05) is 5.73 Å². The Morgan fingerprint density at radius 3 is 2.74 bits per heavy atom. The van der Waals surface area contributed by atoms with Crippen LogP contribution in [-0.2, 0) is 6.42 Å². The molecule has 0 unspecified atom stereocenters. The van der Waals surface area contributed by atoms with Gasteiger partial charge in [-0.2, -0.15) is 0 Å². The van der Waals surface area contributed by atoms with Crippen molar-refractivity contribution in [2.24, 2.45) is 0 Å². The van der Waals surface area contributed by atoms with E-state index < -0.39 is 0 Å². The van der Waals surface area contributed by atoms with Crippen LogP contribution in [0.5, 0.6) is 0 Å². The molecule has 1 heterocycles. The topological polar surface area (TPSA) is 54.7 Å². The second kappa shape index (κ2) is 4.98. The molecule has 0 aliphatic carbocycles. The highest BCUT2D eigenvalue weighted by Crippen LogP contribution is 2.25. The Hall–Kier alpha value is -1.33. The number of fused-ring (bicyclic) bond motifs is 1. The SMILES string of the molecule is Nc1cc(Br)cc2[nH]c(Cc3cccc(Br)c3)nc12. The predicted octanol–water partition coefficient (Wildman–Crippen LogP) is 4.26. The van der Waals surface area contributed by atoms with E-state index in [2.05, 4.69) is 54.0 Å². The number of nitrogens with one attached hydrogen (secondary N) is 1. The maximum Gasteiger partial charge on any atom is 0.112 e. The number of H-pyrrole nitrogens is 1. The highest BCUT2D eigenvalue weighted by Gasteiger charge is 2.07. The lowest BCUT2D eigenvalue weighted by Gasteiger charge is -1.98. The number of hydrogen-bond acceptors (Lipinski definition) is 2. The van der Waals surface area contributed by atoms with E-state index in [1.807, 2.05) is 24.3 Å². The molecule has 0 aliphatic rings. The average molecular weight is 381 g/mol. The monoisotopic (exact) mass is 379 g/mol. The fraction of sp³-hybridized carbons (Fsp3) is 0.0714. The number of hydrogen-bond donors (Lipinski definition) is 2. The second-order valence-electron chi connectivity index (χ2n) is 4.38. The van der Waals surface area contributed by atoms with Crippen LogP contribution in [0.2, 0.25) is 0 Å². The van der Waals surface area contributed by atoms with E-state index in [4.69, 9.17) is 5.73 Å². The van der Waals surface area contributed by atoms with Crippen LogP contribution in [0.15, 0.2) is 45.3 Å². The zero-order valence-electron chi connectivity index (χ0n) is 9.95. The lowest BCUT2D eigenvalue weighted by molar-refractivity contribution is 1.04. The number of imidazole rings is 1. The third kappa shape index (κ3) is 2.67. The Labute approximate surface area is 127 Å². The maximum atomic E-state index is 5.97. The summed E-state index contributed by atoms with van der Waals surface area (Å²) in [6.45, 7) is 0. The third-order valence-corrected chi connectivity index (χ3v) is 3.84. The number of benzene rings is 2. The van der Waals surface area contributed by atoms with Gasteiger partial charge in [0, 0.05) is 15.4 Å². The van der Waals surface area contributed by atoms with E-state index in [1.165, 1.54) is 5.56 Å². The fourth-order valence-corrected chi connectivity index (χ4v) is 3.00. The molecule has 0 radical (unpaired) electrons. The van der Waals surface area contributed by atoms with Gasteiger partial charge in [0.1, 0.15) is 11.3 Å². The van der Waals surface area contributed by atoms with Crippen molar-refractivity contribution in [1.82, 2.24) is 9.97 Å². The van der Waals surface area contributed by atoms with Gasteiger partial charge in [-0.15, -0.1) is 0 Å². The summed E-state index contributed by atoms with van der Waals surface area (Å²) in [6, 6.07) is 12.1. The Morgan fingerprint density at radius 2 is 1.95 bits per heavy atom. The largest absolute Gasteiger partial charge is 0.397 e. The Balaban J connectivity index is 2.00. The van der Waals surface area contributed by atoms with Gasteiger partial charge in [0.15, 0.2) is 0 Å². The number of halogens is 2. The molecule has 0 bridgehead atoms. The summed E-state index contributed by atoms with van der Waals surface area (Å²) in [6.07, 6.45) is 0.755. The molecule has 5 heteroatoms. The van der Waals surface area contributed by atoms with Crippen LogP contribution in [-0.4, -0.2) is 9.97 Å². The zero-order valence-corrected chi connectivity index (χ0v) is 13.1. The van der Waals surface area contributed by atoms with Gasteiger partial charge in [-0.05, 0) is 29.8 Å². The molecule has 2 aromatic carbocycles. The first kappa shape index (κ1) is 12.7. The van der Waals surface area contributed by atoms with Gasteiger partial charge in [0.25, 0.3) is 0 Å². The number of aromatic nitrogens is 2. The van der Waals surface area contributed by atoms with E-state index in [1.54, 1.807) is 0 Å². The number of rotatable bonds is 2. The van der Waals surface area contributed by atoms with E-state index in [0.717, 1.165) is 32.2 Å². The first-order valence-corrected chi connectivity index (χ1v) is 7.38. The van der Waals surface area contributed by atoms with Crippen molar-refractivity contribution in [1.29, 1.82) is 0 Å². The number of nitrogens with zero attached hydrogens (tertiary/aromatic N) is 1. The third-order valence-electron chi connectivity index (χ3n) is 2.89. The first-order valence-electron chi connectivity index (χ1n) is 5.80. The summed E-state index contributed by atoms with van der Waals surface area (Å²) in [5.74, 6) is 0.915.